The minimum absolute atomic E-state index is 0.0916. The normalized spacial score (nSPS) is 10.5. The van der Waals surface area contributed by atoms with Gasteiger partial charge in [0.05, 0.1) is 33.0 Å². The molecule has 0 saturated carbocycles. The van der Waals surface area contributed by atoms with Crippen LogP contribution in [-0.2, 0) is 14.3 Å². The predicted molar refractivity (Wildman–Crippen MR) is 123 cm³/mol. The van der Waals surface area contributed by atoms with Gasteiger partial charge in [-0.05, 0) is 38.1 Å². The zero-order chi connectivity index (χ0) is 22.3. The monoisotopic (exact) mass is 428 g/mol. The highest BCUT2D eigenvalue weighted by atomic mass is 16.5. The van der Waals surface area contributed by atoms with E-state index in [2.05, 4.69) is 21.3 Å². The molecule has 0 aliphatic carbocycles. The van der Waals surface area contributed by atoms with Crippen molar-refractivity contribution in [2.45, 2.75) is 13.8 Å². The van der Waals surface area contributed by atoms with Gasteiger partial charge in [-0.2, -0.15) is 0 Å². The van der Waals surface area contributed by atoms with Crippen molar-refractivity contribution in [2.75, 3.05) is 56.7 Å². The van der Waals surface area contributed by atoms with E-state index in [-0.39, 0.29) is 18.5 Å². The molecule has 2 rings (SSSR count). The quantitative estimate of drug-likeness (QED) is 0.368. The minimum atomic E-state index is -0.263. The summed E-state index contributed by atoms with van der Waals surface area (Å²) in [5.74, 6) is -0.0916. The van der Waals surface area contributed by atoms with Crippen molar-refractivity contribution >= 4 is 23.3 Å². The number of carbonyl (C=O) groups excluding carboxylic acids is 2. The molecule has 4 N–H and O–H groups in total. The van der Waals surface area contributed by atoms with E-state index >= 15 is 0 Å². The maximum absolute atomic E-state index is 11.8. The fraction of sp³-hybridized carbons (Fsp3) is 0.391. The molecule has 0 heterocycles. The highest BCUT2D eigenvalue weighted by molar-refractivity contribution is 5.92. The van der Waals surface area contributed by atoms with E-state index in [1.54, 1.807) is 0 Å². The number of anilines is 2. The van der Waals surface area contributed by atoms with Crippen LogP contribution in [0.2, 0.25) is 0 Å². The second-order valence-corrected chi connectivity index (χ2v) is 7.06. The molecule has 0 aromatic heterocycles. The first kappa shape index (κ1) is 24.3. The van der Waals surface area contributed by atoms with Gasteiger partial charge in [-0.1, -0.05) is 35.4 Å². The van der Waals surface area contributed by atoms with Crippen LogP contribution in [0.4, 0.5) is 16.2 Å². The Morgan fingerprint density at radius 2 is 1.23 bits per heavy atom. The summed E-state index contributed by atoms with van der Waals surface area (Å²) in [6.45, 7) is 6.98. The van der Waals surface area contributed by atoms with E-state index in [0.29, 0.717) is 39.5 Å². The summed E-state index contributed by atoms with van der Waals surface area (Å²) in [6.07, 6.45) is 0. The number of aryl methyl sites for hydroxylation is 2. The molecule has 0 bridgehead atoms. The number of nitrogens with one attached hydrogen (secondary N) is 4. The lowest BCUT2D eigenvalue weighted by atomic mass is 10.2. The smallest absolute Gasteiger partial charge is 0.319 e. The molecular formula is C23H32N4O4. The first-order valence-corrected chi connectivity index (χ1v) is 10.4. The van der Waals surface area contributed by atoms with E-state index in [4.69, 9.17) is 9.47 Å². The van der Waals surface area contributed by atoms with Crippen LogP contribution in [0, 0.1) is 13.8 Å². The van der Waals surface area contributed by atoms with Crippen LogP contribution in [-0.4, -0.2) is 58.0 Å². The summed E-state index contributed by atoms with van der Waals surface area (Å²) in [5, 5.41) is 11.3. The van der Waals surface area contributed by atoms with Crippen LogP contribution >= 0.6 is 0 Å². The topological polar surface area (TPSA) is 101 Å². The van der Waals surface area contributed by atoms with Gasteiger partial charge in [0, 0.05) is 24.5 Å². The van der Waals surface area contributed by atoms with Crippen LogP contribution in [0.15, 0.2) is 48.5 Å². The number of urea groups is 1. The average molecular weight is 429 g/mol. The van der Waals surface area contributed by atoms with E-state index in [9.17, 15) is 9.59 Å². The Hall–Kier alpha value is -2.94. The Labute approximate surface area is 183 Å². The van der Waals surface area contributed by atoms with E-state index < -0.39 is 0 Å². The molecule has 3 amide bonds. The number of hydrogen-bond donors (Lipinski definition) is 4. The number of benzene rings is 2. The van der Waals surface area contributed by atoms with Gasteiger partial charge >= 0.3 is 6.03 Å². The van der Waals surface area contributed by atoms with Crippen LogP contribution in [0.25, 0.3) is 0 Å². The molecule has 0 unspecified atom stereocenters. The molecule has 0 aliphatic heterocycles. The summed E-state index contributed by atoms with van der Waals surface area (Å²) in [4.78, 5) is 23.6. The van der Waals surface area contributed by atoms with Crippen LogP contribution < -0.4 is 21.3 Å². The molecule has 0 spiro atoms. The number of amides is 3. The predicted octanol–water partition coefficient (Wildman–Crippen LogP) is 2.69. The summed E-state index contributed by atoms with van der Waals surface area (Å²) >= 11 is 0. The maximum Gasteiger partial charge on any atom is 0.319 e. The lowest BCUT2D eigenvalue weighted by Gasteiger charge is -2.09. The van der Waals surface area contributed by atoms with E-state index in [1.807, 2.05) is 62.4 Å². The van der Waals surface area contributed by atoms with Crippen molar-refractivity contribution in [3.8, 4) is 0 Å². The molecule has 168 valence electrons. The lowest BCUT2D eigenvalue weighted by molar-refractivity contribution is -0.115. The molecule has 0 atom stereocenters. The summed E-state index contributed by atoms with van der Waals surface area (Å²) in [7, 11) is 0. The Kier molecular flexibility index (Phi) is 11.1. The summed E-state index contributed by atoms with van der Waals surface area (Å²) < 4.78 is 10.9. The van der Waals surface area contributed by atoms with Crippen LogP contribution in [0.1, 0.15) is 11.1 Å². The number of ether oxygens (including phenoxy) is 2. The molecule has 2 aromatic carbocycles. The van der Waals surface area contributed by atoms with Crippen molar-refractivity contribution in [3.05, 3.63) is 59.7 Å². The Bertz CT molecular complexity index is 727. The third kappa shape index (κ3) is 11.1. The molecule has 0 fully saturated rings. The van der Waals surface area contributed by atoms with Crippen LogP contribution in [0.5, 0.6) is 0 Å². The molecule has 31 heavy (non-hydrogen) atoms. The SMILES string of the molecule is Cc1ccc(NC(=O)CNCCOCCOCCNC(=O)Nc2ccc(C)cc2)cc1. The zero-order valence-corrected chi connectivity index (χ0v) is 18.2. The molecular weight excluding hydrogens is 396 g/mol. The van der Waals surface area contributed by atoms with Gasteiger partial charge in [0.2, 0.25) is 5.91 Å². The second-order valence-electron chi connectivity index (χ2n) is 7.06. The highest BCUT2D eigenvalue weighted by Gasteiger charge is 2.02. The fourth-order valence-corrected chi connectivity index (χ4v) is 2.56. The van der Waals surface area contributed by atoms with Gasteiger partial charge in [0.25, 0.3) is 0 Å². The average Bonchev–Trinajstić information content (AvgIpc) is 2.75. The Morgan fingerprint density at radius 1 is 0.710 bits per heavy atom. The number of rotatable bonds is 13. The molecule has 0 saturated heterocycles. The first-order valence-electron chi connectivity index (χ1n) is 10.4. The highest BCUT2D eigenvalue weighted by Crippen LogP contribution is 2.08. The van der Waals surface area contributed by atoms with Gasteiger partial charge in [-0.15, -0.1) is 0 Å². The van der Waals surface area contributed by atoms with Crippen molar-refractivity contribution in [1.82, 2.24) is 10.6 Å². The minimum Gasteiger partial charge on any atom is -0.378 e. The van der Waals surface area contributed by atoms with Crippen LogP contribution in [0.3, 0.4) is 0 Å². The summed E-state index contributed by atoms with van der Waals surface area (Å²) in [5.41, 5.74) is 3.82. The van der Waals surface area contributed by atoms with Crippen molar-refractivity contribution < 1.29 is 19.1 Å². The second kappa shape index (κ2) is 14.1. The molecule has 0 radical (unpaired) electrons. The number of hydrogen-bond acceptors (Lipinski definition) is 5. The first-order chi connectivity index (χ1) is 15.0. The molecule has 8 nitrogen and oxygen atoms in total. The fourth-order valence-electron chi connectivity index (χ4n) is 2.56. The van der Waals surface area contributed by atoms with Crippen molar-refractivity contribution in [2.24, 2.45) is 0 Å². The van der Waals surface area contributed by atoms with Gasteiger partial charge < -0.3 is 30.7 Å². The van der Waals surface area contributed by atoms with Crippen molar-refractivity contribution in [1.29, 1.82) is 0 Å². The zero-order valence-electron chi connectivity index (χ0n) is 18.2. The number of carbonyl (C=O) groups is 2. The largest absolute Gasteiger partial charge is 0.378 e. The third-order valence-corrected chi connectivity index (χ3v) is 4.26. The Balaban J connectivity index is 1.37. The molecule has 2 aromatic rings. The Morgan fingerprint density at radius 3 is 1.81 bits per heavy atom. The third-order valence-electron chi connectivity index (χ3n) is 4.26. The van der Waals surface area contributed by atoms with Crippen molar-refractivity contribution in [3.63, 3.8) is 0 Å². The van der Waals surface area contributed by atoms with Gasteiger partial charge in [-0.25, -0.2) is 4.79 Å². The van der Waals surface area contributed by atoms with E-state index in [1.165, 1.54) is 0 Å². The summed E-state index contributed by atoms with van der Waals surface area (Å²) in [6, 6.07) is 15.0. The lowest BCUT2D eigenvalue weighted by Crippen LogP contribution is -2.32. The standard InChI is InChI=1S/C23H32N4O4/c1-18-3-7-20(8-4-18)26-22(28)17-24-11-13-30-15-16-31-14-12-25-23(29)27-21-9-5-19(2)6-10-21/h3-10,24H,11-17H2,1-2H3,(H,26,28)(H2,25,27,29). The van der Waals surface area contributed by atoms with Gasteiger partial charge in [-0.3, -0.25) is 4.79 Å². The van der Waals surface area contributed by atoms with E-state index in [0.717, 1.165) is 22.5 Å². The maximum atomic E-state index is 11.8. The van der Waals surface area contributed by atoms with Gasteiger partial charge in [0.1, 0.15) is 0 Å². The molecule has 0 aliphatic rings. The van der Waals surface area contributed by atoms with Gasteiger partial charge in [0.15, 0.2) is 0 Å². The molecule has 8 heteroatoms.